The van der Waals surface area contributed by atoms with Crippen LogP contribution < -0.4 is 9.47 Å². The molecule has 7 nitrogen and oxygen atoms in total. The third kappa shape index (κ3) is 2.92. The van der Waals surface area contributed by atoms with Gasteiger partial charge in [-0.3, -0.25) is 9.59 Å². The van der Waals surface area contributed by atoms with Crippen LogP contribution in [0.25, 0.3) is 0 Å². The predicted octanol–water partition coefficient (Wildman–Crippen LogP) is 3.46. The van der Waals surface area contributed by atoms with Crippen molar-refractivity contribution in [1.29, 1.82) is 0 Å². The first-order valence-corrected chi connectivity index (χ1v) is 12.0. The number of rotatable bonds is 4. The van der Waals surface area contributed by atoms with Crippen molar-refractivity contribution in [3.05, 3.63) is 53.1 Å². The van der Waals surface area contributed by atoms with Crippen LogP contribution in [0, 0.1) is 11.8 Å². The average molecular weight is 464 g/mol. The number of hydrogen-bond donors (Lipinski definition) is 1. The minimum absolute atomic E-state index is 0.0129. The highest BCUT2D eigenvalue weighted by Gasteiger charge is 2.66. The second-order valence-electron chi connectivity index (χ2n) is 10.0. The van der Waals surface area contributed by atoms with Crippen molar-refractivity contribution in [1.82, 2.24) is 4.90 Å². The lowest BCUT2D eigenvalue weighted by Crippen LogP contribution is -2.54. The molecule has 2 aliphatic heterocycles. The summed E-state index contributed by atoms with van der Waals surface area (Å²) >= 11 is 0. The van der Waals surface area contributed by atoms with Crippen LogP contribution in [-0.2, 0) is 21.4 Å². The molecule has 1 N–H and O–H groups in total. The predicted molar refractivity (Wildman–Crippen MR) is 123 cm³/mol. The second kappa shape index (κ2) is 7.73. The van der Waals surface area contributed by atoms with E-state index in [9.17, 15) is 14.7 Å². The maximum absolute atomic E-state index is 13.9. The number of phenols is 1. The fourth-order valence-corrected chi connectivity index (χ4v) is 6.99. The number of methoxy groups -OCH3 is 1. The Morgan fingerprint density at radius 1 is 1.15 bits per heavy atom. The molecule has 7 heteroatoms. The number of fused-ring (bicyclic) bond motifs is 2. The molecule has 1 saturated heterocycles. The van der Waals surface area contributed by atoms with Crippen molar-refractivity contribution >= 4 is 11.7 Å². The Bertz CT molecular complexity index is 1160. The first-order valence-electron chi connectivity index (χ1n) is 12.0. The van der Waals surface area contributed by atoms with E-state index < -0.39 is 17.3 Å². The van der Waals surface area contributed by atoms with Crippen LogP contribution >= 0.6 is 0 Å². The first-order chi connectivity index (χ1) is 16.4. The molecular weight excluding hydrogens is 434 g/mol. The molecule has 5 atom stereocenters. The molecule has 0 radical (unpaired) electrons. The number of nitrogens with zero attached hydrogens (tertiary/aromatic N) is 1. The first kappa shape index (κ1) is 21.5. The van der Waals surface area contributed by atoms with Crippen molar-refractivity contribution in [3.63, 3.8) is 0 Å². The summed E-state index contributed by atoms with van der Waals surface area (Å²) in [7, 11) is 3.60. The van der Waals surface area contributed by atoms with Crippen molar-refractivity contribution < 1.29 is 28.9 Å². The number of aryl methyl sites for hydroxylation is 1. The van der Waals surface area contributed by atoms with Crippen LogP contribution in [-0.4, -0.2) is 54.8 Å². The SMILES string of the molecule is COC1CCC23c4cc5c(cc4C(=O)C(CCc4ccc(O)cc4)C2C(=O)N(C)C3C1)OCO5. The van der Waals surface area contributed by atoms with Crippen LogP contribution in [0.1, 0.15) is 47.2 Å². The zero-order chi connectivity index (χ0) is 23.6. The molecule has 4 aliphatic rings. The number of ether oxygens (including phenoxy) is 3. The Labute approximate surface area is 198 Å². The standard InChI is InChI=1S/C27H29NO6/c1-28-23-11-17(32-2)9-10-27(23)20-13-22-21(33-14-34-22)12-19(20)25(30)18(24(27)26(28)31)8-5-15-3-6-16(29)7-4-15/h3-4,6-7,12-13,17-18,23-24,29H,5,8-11,14H2,1-2H3. The topological polar surface area (TPSA) is 85.3 Å². The number of carbonyl (C=O) groups excluding carboxylic acids is 2. The summed E-state index contributed by atoms with van der Waals surface area (Å²) in [5, 5.41) is 9.62. The molecule has 2 fully saturated rings. The van der Waals surface area contributed by atoms with E-state index in [1.54, 1.807) is 19.2 Å². The van der Waals surface area contributed by atoms with Gasteiger partial charge >= 0.3 is 0 Å². The van der Waals surface area contributed by atoms with E-state index in [0.717, 1.165) is 30.4 Å². The number of hydrogen-bond acceptors (Lipinski definition) is 6. The summed E-state index contributed by atoms with van der Waals surface area (Å²) in [5.74, 6) is 0.703. The van der Waals surface area contributed by atoms with Gasteiger partial charge < -0.3 is 24.2 Å². The molecule has 2 heterocycles. The van der Waals surface area contributed by atoms with Gasteiger partial charge in [0.1, 0.15) is 5.75 Å². The zero-order valence-electron chi connectivity index (χ0n) is 19.5. The van der Waals surface area contributed by atoms with Gasteiger partial charge in [0.25, 0.3) is 0 Å². The highest BCUT2D eigenvalue weighted by atomic mass is 16.7. The molecule has 2 aliphatic carbocycles. The molecule has 2 aromatic rings. The Morgan fingerprint density at radius 2 is 1.88 bits per heavy atom. The average Bonchev–Trinajstić information content (AvgIpc) is 3.40. The minimum atomic E-state index is -0.454. The molecule has 6 rings (SSSR count). The third-order valence-electron chi connectivity index (χ3n) is 8.63. The van der Waals surface area contributed by atoms with Gasteiger partial charge in [-0.2, -0.15) is 0 Å². The monoisotopic (exact) mass is 463 g/mol. The number of carbonyl (C=O) groups is 2. The molecule has 178 valence electrons. The second-order valence-corrected chi connectivity index (χ2v) is 10.0. The van der Waals surface area contributed by atoms with E-state index in [0.29, 0.717) is 29.9 Å². The molecule has 34 heavy (non-hydrogen) atoms. The summed E-state index contributed by atoms with van der Waals surface area (Å²) in [4.78, 5) is 29.6. The van der Waals surface area contributed by atoms with Gasteiger partial charge in [-0.25, -0.2) is 0 Å². The molecule has 1 spiro atoms. The summed E-state index contributed by atoms with van der Waals surface area (Å²) in [5.41, 5.74) is 2.18. The van der Waals surface area contributed by atoms with Crippen LogP contribution in [0.15, 0.2) is 36.4 Å². The van der Waals surface area contributed by atoms with E-state index in [4.69, 9.17) is 14.2 Å². The van der Waals surface area contributed by atoms with Crippen molar-refractivity contribution in [2.24, 2.45) is 11.8 Å². The zero-order valence-corrected chi connectivity index (χ0v) is 19.5. The number of aromatic hydroxyl groups is 1. The summed E-state index contributed by atoms with van der Waals surface area (Å²) < 4.78 is 17.0. The Morgan fingerprint density at radius 3 is 2.62 bits per heavy atom. The lowest BCUT2D eigenvalue weighted by Gasteiger charge is -2.50. The number of phenolic OH excluding ortho intramolecular Hbond substituents is 1. The summed E-state index contributed by atoms with van der Waals surface area (Å²) in [6.45, 7) is 0.140. The minimum Gasteiger partial charge on any atom is -0.508 e. The molecule has 1 amide bonds. The van der Waals surface area contributed by atoms with Crippen LogP contribution in [0.4, 0.5) is 0 Å². The van der Waals surface area contributed by atoms with Gasteiger partial charge in [0, 0.05) is 37.1 Å². The largest absolute Gasteiger partial charge is 0.508 e. The molecule has 2 aromatic carbocycles. The lowest BCUT2D eigenvalue weighted by molar-refractivity contribution is -0.132. The van der Waals surface area contributed by atoms with Gasteiger partial charge in [0.2, 0.25) is 12.7 Å². The molecule has 1 saturated carbocycles. The third-order valence-corrected chi connectivity index (χ3v) is 8.63. The number of amides is 1. The molecule has 0 bridgehead atoms. The Kier molecular flexibility index (Phi) is 4.88. The van der Waals surface area contributed by atoms with Gasteiger partial charge in [-0.15, -0.1) is 0 Å². The van der Waals surface area contributed by atoms with Crippen molar-refractivity contribution in [2.45, 2.75) is 49.7 Å². The number of ketones is 1. The maximum atomic E-state index is 13.9. The van der Waals surface area contributed by atoms with E-state index in [1.807, 2.05) is 36.2 Å². The quantitative estimate of drug-likeness (QED) is 0.748. The fraction of sp³-hybridized carbons (Fsp3) is 0.481. The number of likely N-dealkylation sites (N-methyl/N-ethyl adjacent to an activating group) is 1. The van der Waals surface area contributed by atoms with Crippen molar-refractivity contribution in [2.75, 3.05) is 21.0 Å². The fourth-order valence-electron chi connectivity index (χ4n) is 6.99. The number of Topliss-reactive ketones (excluding diaryl/α,β-unsaturated/α-hetero) is 1. The number of benzene rings is 2. The normalized spacial score (nSPS) is 31.3. The van der Waals surface area contributed by atoms with E-state index >= 15 is 0 Å². The summed E-state index contributed by atoms with van der Waals surface area (Å²) in [6.07, 6.45) is 3.71. The van der Waals surface area contributed by atoms with Gasteiger partial charge in [-0.1, -0.05) is 12.1 Å². The maximum Gasteiger partial charge on any atom is 0.231 e. The lowest BCUT2D eigenvalue weighted by atomic mass is 9.52. The smallest absolute Gasteiger partial charge is 0.231 e. The van der Waals surface area contributed by atoms with E-state index in [1.165, 1.54) is 0 Å². The molecular formula is C27H29NO6. The highest BCUT2D eigenvalue weighted by molar-refractivity contribution is 6.06. The van der Waals surface area contributed by atoms with Crippen LogP contribution in [0.2, 0.25) is 0 Å². The molecule has 5 unspecified atom stereocenters. The van der Waals surface area contributed by atoms with E-state index in [-0.39, 0.29) is 36.4 Å². The Balaban J connectivity index is 1.47. The van der Waals surface area contributed by atoms with Crippen LogP contribution in [0.5, 0.6) is 17.2 Å². The summed E-state index contributed by atoms with van der Waals surface area (Å²) in [6, 6.07) is 10.8. The molecule has 0 aromatic heterocycles. The van der Waals surface area contributed by atoms with Gasteiger partial charge in [-0.05, 0) is 67.5 Å². The van der Waals surface area contributed by atoms with E-state index in [2.05, 4.69) is 0 Å². The van der Waals surface area contributed by atoms with Gasteiger partial charge in [0.15, 0.2) is 17.3 Å². The highest BCUT2D eigenvalue weighted by Crippen LogP contribution is 2.60. The van der Waals surface area contributed by atoms with Gasteiger partial charge in [0.05, 0.1) is 12.0 Å². The Hall–Kier alpha value is -3.06. The number of likely N-dealkylation sites (tertiary alicyclic amines) is 1. The van der Waals surface area contributed by atoms with Crippen molar-refractivity contribution in [3.8, 4) is 17.2 Å². The van der Waals surface area contributed by atoms with Crippen LogP contribution in [0.3, 0.4) is 0 Å².